The number of hydrogen-bond donors (Lipinski definition) is 3. The molecule has 0 aliphatic rings. The van der Waals surface area contributed by atoms with Gasteiger partial charge in [0.05, 0.1) is 6.42 Å². The number of carbonyl (C=O) groups is 4. The Morgan fingerprint density at radius 3 is 2.15 bits per heavy atom. The highest BCUT2D eigenvalue weighted by Crippen LogP contribution is 2.26. The van der Waals surface area contributed by atoms with Gasteiger partial charge in [-0.3, -0.25) is 19.3 Å². The van der Waals surface area contributed by atoms with Crippen molar-refractivity contribution in [2.24, 2.45) is 5.73 Å². The van der Waals surface area contributed by atoms with Crippen molar-refractivity contribution in [3.63, 3.8) is 0 Å². The van der Waals surface area contributed by atoms with Crippen LogP contribution in [-0.2, 0) is 19.1 Å². The topological polar surface area (TPSA) is 131 Å². The molecule has 0 aliphatic heterocycles. The molecule has 0 spiro atoms. The molecular formula is C25H32N4O5. The monoisotopic (exact) mass is 468 g/mol. The Balaban J connectivity index is 3.51. The van der Waals surface area contributed by atoms with Gasteiger partial charge in [-0.1, -0.05) is 30.5 Å². The van der Waals surface area contributed by atoms with Crippen LogP contribution in [0.4, 0.5) is 4.79 Å². The summed E-state index contributed by atoms with van der Waals surface area (Å²) >= 11 is 0. The van der Waals surface area contributed by atoms with E-state index in [1.807, 2.05) is 0 Å². The van der Waals surface area contributed by atoms with Gasteiger partial charge in [-0.15, -0.1) is 6.42 Å². The van der Waals surface area contributed by atoms with Crippen molar-refractivity contribution in [1.29, 1.82) is 0 Å². The summed E-state index contributed by atoms with van der Waals surface area (Å²) in [5.41, 5.74) is 4.41. The Labute approximate surface area is 200 Å². The largest absolute Gasteiger partial charge is 0.444 e. The fourth-order valence-electron chi connectivity index (χ4n) is 2.99. The van der Waals surface area contributed by atoms with Crippen LogP contribution in [0.25, 0.3) is 0 Å². The Morgan fingerprint density at radius 2 is 1.68 bits per heavy atom. The molecule has 1 aromatic carbocycles. The molecule has 182 valence electrons. The zero-order valence-electron chi connectivity index (χ0n) is 20.4. The van der Waals surface area contributed by atoms with Gasteiger partial charge in [-0.25, -0.2) is 4.79 Å². The number of terminal acetylenes is 2. The van der Waals surface area contributed by atoms with E-state index in [9.17, 15) is 19.2 Å². The van der Waals surface area contributed by atoms with Gasteiger partial charge in [0.1, 0.15) is 17.7 Å². The minimum atomic E-state index is -1.48. The molecule has 0 aliphatic carbocycles. The number of benzene rings is 1. The van der Waals surface area contributed by atoms with Crippen LogP contribution in [0, 0.1) is 24.8 Å². The van der Waals surface area contributed by atoms with Gasteiger partial charge in [0.15, 0.2) is 0 Å². The summed E-state index contributed by atoms with van der Waals surface area (Å²) in [6.45, 7) is 10.2. The quantitative estimate of drug-likeness (QED) is 0.415. The smallest absolute Gasteiger partial charge is 0.408 e. The van der Waals surface area contributed by atoms with Crippen LogP contribution < -0.4 is 16.4 Å². The fraction of sp³-hybridized carbons (Fsp3) is 0.440. The second kappa shape index (κ2) is 11.2. The van der Waals surface area contributed by atoms with Gasteiger partial charge >= 0.3 is 6.09 Å². The molecule has 4 N–H and O–H groups in total. The third-order valence-electron chi connectivity index (χ3n) is 4.19. The molecule has 0 fully saturated rings. The summed E-state index contributed by atoms with van der Waals surface area (Å²) in [4.78, 5) is 51.5. The van der Waals surface area contributed by atoms with E-state index in [1.54, 1.807) is 65.8 Å². The Kier molecular flexibility index (Phi) is 9.28. The van der Waals surface area contributed by atoms with Gasteiger partial charge in [0, 0.05) is 22.7 Å². The maximum Gasteiger partial charge on any atom is 0.408 e. The highest BCUT2D eigenvalue weighted by Gasteiger charge is 2.38. The molecule has 2 atom stereocenters. The molecule has 34 heavy (non-hydrogen) atoms. The summed E-state index contributed by atoms with van der Waals surface area (Å²) in [6, 6.07) is 5.88. The number of nitrogens with zero attached hydrogens (tertiary/aromatic N) is 1. The first kappa shape index (κ1) is 28.1. The average Bonchev–Trinajstić information content (AvgIpc) is 2.67. The fourth-order valence-corrected chi connectivity index (χ4v) is 2.99. The first-order chi connectivity index (χ1) is 15.6. The van der Waals surface area contributed by atoms with Crippen molar-refractivity contribution in [1.82, 2.24) is 15.5 Å². The summed E-state index contributed by atoms with van der Waals surface area (Å²) in [5.74, 6) is 0.102. The van der Waals surface area contributed by atoms with E-state index in [1.165, 1.54) is 0 Å². The zero-order valence-corrected chi connectivity index (χ0v) is 20.4. The van der Waals surface area contributed by atoms with E-state index in [-0.39, 0.29) is 0 Å². The van der Waals surface area contributed by atoms with Crippen molar-refractivity contribution in [2.45, 2.75) is 71.2 Å². The van der Waals surface area contributed by atoms with Gasteiger partial charge in [0.2, 0.25) is 11.8 Å². The highest BCUT2D eigenvalue weighted by atomic mass is 16.6. The molecule has 0 aromatic heterocycles. The third-order valence-corrected chi connectivity index (χ3v) is 4.19. The SMILES string of the molecule is C#Cc1ccccc1C(C(=O)NC(C)(C)C)N(C#C)C(=O)C(CC(N)=O)NC(=O)OC(C)(C)C. The lowest BCUT2D eigenvalue weighted by atomic mass is 9.96. The maximum atomic E-state index is 13.5. The van der Waals surface area contributed by atoms with Crippen LogP contribution >= 0.6 is 0 Å². The number of nitrogens with two attached hydrogens (primary N) is 1. The number of alkyl carbamates (subject to hydrolysis) is 1. The first-order valence-electron chi connectivity index (χ1n) is 10.5. The number of carbonyl (C=O) groups excluding carboxylic acids is 4. The third kappa shape index (κ3) is 8.51. The highest BCUT2D eigenvalue weighted by molar-refractivity contribution is 5.96. The predicted octanol–water partition coefficient (Wildman–Crippen LogP) is 1.81. The predicted molar refractivity (Wildman–Crippen MR) is 128 cm³/mol. The summed E-state index contributed by atoms with van der Waals surface area (Å²) < 4.78 is 5.18. The van der Waals surface area contributed by atoms with Crippen LogP contribution in [0.2, 0.25) is 0 Å². The van der Waals surface area contributed by atoms with Crippen molar-refractivity contribution in [2.75, 3.05) is 0 Å². The number of primary amides is 1. The van der Waals surface area contributed by atoms with Gasteiger partial charge < -0.3 is 21.1 Å². The first-order valence-corrected chi connectivity index (χ1v) is 10.5. The number of rotatable bonds is 7. The van der Waals surface area contributed by atoms with E-state index in [2.05, 4.69) is 22.6 Å². The number of ether oxygens (including phenoxy) is 1. The molecule has 9 nitrogen and oxygen atoms in total. The summed E-state index contributed by atoms with van der Waals surface area (Å²) in [5, 5.41) is 5.11. The number of amides is 4. The molecule has 1 rings (SSSR count). The minimum Gasteiger partial charge on any atom is -0.444 e. The van der Waals surface area contributed by atoms with Crippen LogP contribution in [0.3, 0.4) is 0 Å². The van der Waals surface area contributed by atoms with E-state index in [0.717, 1.165) is 4.90 Å². The lowest BCUT2D eigenvalue weighted by Gasteiger charge is -2.32. The number of hydrogen-bond acceptors (Lipinski definition) is 5. The molecule has 0 radical (unpaired) electrons. The van der Waals surface area contributed by atoms with Crippen molar-refractivity contribution >= 4 is 23.8 Å². The van der Waals surface area contributed by atoms with Gasteiger partial charge in [-0.05, 0) is 47.6 Å². The zero-order chi connectivity index (χ0) is 26.3. The summed E-state index contributed by atoms with van der Waals surface area (Å²) in [7, 11) is 0. The lowest BCUT2D eigenvalue weighted by Crippen LogP contribution is -2.54. The standard InChI is InChI=1S/C25H32N4O5/c1-9-16-13-11-12-14-17(16)20(21(31)28-24(3,4)5)29(10-2)22(32)18(15-19(26)30)27-23(33)34-25(6,7)8/h1-2,11-14,18,20H,15H2,3-8H3,(H2,26,30)(H,27,33)(H,28,31). The average molecular weight is 469 g/mol. The number of nitrogens with one attached hydrogen (secondary N) is 2. The van der Waals surface area contributed by atoms with Crippen LogP contribution in [-0.4, -0.2) is 45.9 Å². The van der Waals surface area contributed by atoms with Crippen LogP contribution in [0.5, 0.6) is 0 Å². The molecular weight excluding hydrogens is 436 g/mol. The van der Waals surface area contributed by atoms with Gasteiger partial charge in [-0.2, -0.15) is 0 Å². The maximum absolute atomic E-state index is 13.5. The molecule has 0 saturated heterocycles. The van der Waals surface area contributed by atoms with Crippen molar-refractivity contribution < 1.29 is 23.9 Å². The van der Waals surface area contributed by atoms with E-state index >= 15 is 0 Å². The van der Waals surface area contributed by atoms with Crippen LogP contribution in [0.1, 0.15) is 65.1 Å². The minimum absolute atomic E-state index is 0.299. The lowest BCUT2D eigenvalue weighted by molar-refractivity contribution is -0.140. The van der Waals surface area contributed by atoms with E-state index < -0.39 is 53.5 Å². The van der Waals surface area contributed by atoms with Crippen molar-refractivity contribution in [3.8, 4) is 24.8 Å². The second-order valence-electron chi connectivity index (χ2n) is 9.58. The second-order valence-corrected chi connectivity index (χ2v) is 9.58. The molecule has 0 bridgehead atoms. The van der Waals surface area contributed by atoms with Crippen LogP contribution in [0.15, 0.2) is 24.3 Å². The van der Waals surface area contributed by atoms with E-state index in [0.29, 0.717) is 11.1 Å². The van der Waals surface area contributed by atoms with Crippen molar-refractivity contribution in [3.05, 3.63) is 35.4 Å². The Hall–Kier alpha value is -3.98. The van der Waals surface area contributed by atoms with E-state index in [4.69, 9.17) is 23.3 Å². The molecule has 9 heteroatoms. The Bertz CT molecular complexity index is 1020. The molecule has 2 unspecified atom stereocenters. The molecule has 4 amide bonds. The van der Waals surface area contributed by atoms with Gasteiger partial charge in [0.25, 0.3) is 5.91 Å². The normalized spacial score (nSPS) is 12.8. The molecule has 1 aromatic rings. The Morgan fingerprint density at radius 1 is 1.09 bits per heavy atom. The summed E-state index contributed by atoms with van der Waals surface area (Å²) in [6.07, 6.45) is 9.76. The molecule has 0 heterocycles. The molecule has 0 saturated carbocycles.